The van der Waals surface area contributed by atoms with Gasteiger partial charge in [0.2, 0.25) is 5.91 Å². The molecule has 0 heterocycles. The van der Waals surface area contributed by atoms with Gasteiger partial charge in [0.05, 0.1) is 6.61 Å². The van der Waals surface area contributed by atoms with Gasteiger partial charge in [-0.05, 0) is 31.4 Å². The number of nitrogens with one attached hydrogen (secondary N) is 1. The molecular weight excluding hydrogens is 247 g/mol. The number of nitrogens with two attached hydrogens (primary N) is 1. The summed E-state index contributed by atoms with van der Waals surface area (Å²) >= 11 is 0. The molecule has 1 aromatic carbocycles. The number of rotatable bonds is 7. The van der Waals surface area contributed by atoms with E-state index in [0.717, 1.165) is 5.56 Å². The molecule has 0 aliphatic rings. The van der Waals surface area contributed by atoms with Crippen LogP contribution in [0.4, 0.5) is 4.39 Å². The molecule has 0 bridgehead atoms. The average Bonchev–Trinajstić information content (AvgIpc) is 2.36. The summed E-state index contributed by atoms with van der Waals surface area (Å²) in [6.45, 7) is 2.17. The molecule has 0 aliphatic carbocycles. The van der Waals surface area contributed by atoms with Gasteiger partial charge >= 0.3 is 0 Å². The lowest BCUT2D eigenvalue weighted by Crippen LogP contribution is -2.19. The van der Waals surface area contributed by atoms with Crippen molar-refractivity contribution >= 4 is 5.91 Å². The maximum Gasteiger partial charge on any atom is 0.219 e. The van der Waals surface area contributed by atoms with Crippen LogP contribution in [0.25, 0.3) is 0 Å². The van der Waals surface area contributed by atoms with Crippen molar-refractivity contribution in [3.8, 4) is 5.75 Å². The molecule has 5 heteroatoms. The van der Waals surface area contributed by atoms with Gasteiger partial charge in [0.25, 0.3) is 0 Å². The lowest BCUT2D eigenvalue weighted by Gasteiger charge is -2.13. The molecule has 0 spiro atoms. The number of benzene rings is 1. The van der Waals surface area contributed by atoms with Gasteiger partial charge in [0, 0.05) is 19.5 Å². The first-order valence-corrected chi connectivity index (χ1v) is 6.41. The molecule has 0 saturated carbocycles. The molecule has 1 atom stereocenters. The lowest BCUT2D eigenvalue weighted by molar-refractivity contribution is -0.120. The van der Waals surface area contributed by atoms with Crippen molar-refractivity contribution in [3.63, 3.8) is 0 Å². The van der Waals surface area contributed by atoms with Crippen molar-refractivity contribution in [2.24, 2.45) is 5.73 Å². The number of hydrogen-bond donors (Lipinski definition) is 2. The highest BCUT2D eigenvalue weighted by atomic mass is 19.1. The number of carbonyl (C=O) groups excluding carboxylic acids is 1. The summed E-state index contributed by atoms with van der Waals surface area (Å²) < 4.78 is 19.2. The van der Waals surface area contributed by atoms with Gasteiger partial charge in [-0.1, -0.05) is 12.1 Å². The number of ether oxygens (including phenoxy) is 1. The first-order chi connectivity index (χ1) is 9.04. The van der Waals surface area contributed by atoms with Crippen LogP contribution >= 0.6 is 0 Å². The monoisotopic (exact) mass is 268 g/mol. The average molecular weight is 268 g/mol. The number of hydrogen-bond acceptors (Lipinski definition) is 3. The fourth-order valence-corrected chi connectivity index (χ4v) is 1.75. The third-order valence-corrected chi connectivity index (χ3v) is 2.66. The van der Waals surface area contributed by atoms with Crippen LogP contribution in [0.2, 0.25) is 0 Å². The Hall–Kier alpha value is -1.62. The predicted molar refractivity (Wildman–Crippen MR) is 72.5 cm³/mol. The molecule has 0 saturated heterocycles. The Bertz CT molecular complexity index is 422. The second kappa shape index (κ2) is 7.74. The van der Waals surface area contributed by atoms with Crippen molar-refractivity contribution in [3.05, 3.63) is 29.6 Å². The minimum absolute atomic E-state index is 0.0482. The van der Waals surface area contributed by atoms with Gasteiger partial charge < -0.3 is 15.8 Å². The van der Waals surface area contributed by atoms with E-state index in [4.69, 9.17) is 10.5 Å². The summed E-state index contributed by atoms with van der Waals surface area (Å²) in [7, 11) is 1.58. The second-order valence-corrected chi connectivity index (χ2v) is 4.53. The fourth-order valence-electron chi connectivity index (χ4n) is 1.75. The van der Waals surface area contributed by atoms with E-state index in [1.807, 2.05) is 6.92 Å². The van der Waals surface area contributed by atoms with E-state index in [-0.39, 0.29) is 17.7 Å². The molecule has 1 rings (SSSR count). The minimum Gasteiger partial charge on any atom is -0.490 e. The Morgan fingerprint density at radius 2 is 2.26 bits per heavy atom. The van der Waals surface area contributed by atoms with Crippen LogP contribution < -0.4 is 15.8 Å². The predicted octanol–water partition coefficient (Wildman–Crippen LogP) is 1.62. The Morgan fingerprint density at radius 3 is 2.89 bits per heavy atom. The highest BCUT2D eigenvalue weighted by Crippen LogP contribution is 2.24. The Kier molecular flexibility index (Phi) is 6.29. The molecule has 4 nitrogen and oxygen atoms in total. The standard InChI is InChI=1S/C14H21FN2O2/c1-10(16)9-11-5-3-6-12(15)14(11)19-8-4-7-13(18)17-2/h3,5-6,10H,4,7-9,16H2,1-2H3,(H,17,18). The molecular formula is C14H21FN2O2. The first kappa shape index (κ1) is 15.4. The van der Waals surface area contributed by atoms with E-state index in [1.54, 1.807) is 19.2 Å². The Balaban J connectivity index is 2.58. The smallest absolute Gasteiger partial charge is 0.219 e. The Morgan fingerprint density at radius 1 is 1.53 bits per heavy atom. The van der Waals surface area contributed by atoms with Crippen LogP contribution in [0.5, 0.6) is 5.75 Å². The summed E-state index contributed by atoms with van der Waals surface area (Å²) in [6.07, 6.45) is 1.47. The van der Waals surface area contributed by atoms with Crippen molar-refractivity contribution in [1.29, 1.82) is 0 Å². The van der Waals surface area contributed by atoms with E-state index in [2.05, 4.69) is 5.32 Å². The van der Waals surface area contributed by atoms with E-state index in [1.165, 1.54) is 6.07 Å². The van der Waals surface area contributed by atoms with Crippen molar-refractivity contribution < 1.29 is 13.9 Å². The van der Waals surface area contributed by atoms with Crippen molar-refractivity contribution in [1.82, 2.24) is 5.32 Å². The number of carbonyl (C=O) groups is 1. The quantitative estimate of drug-likeness (QED) is 0.739. The molecule has 1 unspecified atom stereocenters. The van der Waals surface area contributed by atoms with Gasteiger partial charge in [-0.3, -0.25) is 4.79 Å². The largest absolute Gasteiger partial charge is 0.490 e. The second-order valence-electron chi connectivity index (χ2n) is 4.53. The third kappa shape index (κ3) is 5.26. The molecule has 0 fully saturated rings. The molecule has 1 aromatic rings. The van der Waals surface area contributed by atoms with Gasteiger partial charge in [-0.25, -0.2) is 4.39 Å². The van der Waals surface area contributed by atoms with Gasteiger partial charge in [-0.2, -0.15) is 0 Å². The van der Waals surface area contributed by atoms with Crippen LogP contribution in [0.1, 0.15) is 25.3 Å². The third-order valence-electron chi connectivity index (χ3n) is 2.66. The maximum atomic E-state index is 13.7. The summed E-state index contributed by atoms with van der Waals surface area (Å²) in [5.41, 5.74) is 6.48. The zero-order valence-corrected chi connectivity index (χ0v) is 11.4. The highest BCUT2D eigenvalue weighted by Gasteiger charge is 2.11. The van der Waals surface area contributed by atoms with Crippen molar-refractivity contribution in [2.75, 3.05) is 13.7 Å². The summed E-state index contributed by atoms with van der Waals surface area (Å²) in [6, 6.07) is 4.75. The molecule has 1 amide bonds. The van der Waals surface area contributed by atoms with E-state index in [9.17, 15) is 9.18 Å². The molecule has 0 aromatic heterocycles. The molecule has 0 radical (unpaired) electrons. The summed E-state index contributed by atoms with van der Waals surface area (Å²) in [5, 5.41) is 2.53. The van der Waals surface area contributed by atoms with Crippen LogP contribution in [-0.4, -0.2) is 25.6 Å². The van der Waals surface area contributed by atoms with Crippen LogP contribution in [0, 0.1) is 5.82 Å². The van der Waals surface area contributed by atoms with Gasteiger partial charge in [0.1, 0.15) is 0 Å². The zero-order chi connectivity index (χ0) is 14.3. The van der Waals surface area contributed by atoms with Crippen LogP contribution in [0.15, 0.2) is 18.2 Å². The number of para-hydroxylation sites is 1. The SMILES string of the molecule is CNC(=O)CCCOc1c(F)cccc1CC(C)N. The summed E-state index contributed by atoms with van der Waals surface area (Å²) in [5.74, 6) is -0.192. The van der Waals surface area contributed by atoms with E-state index in [0.29, 0.717) is 25.9 Å². The fraction of sp³-hybridized carbons (Fsp3) is 0.500. The molecule has 19 heavy (non-hydrogen) atoms. The minimum atomic E-state index is -0.391. The maximum absolute atomic E-state index is 13.7. The topological polar surface area (TPSA) is 64.3 Å². The normalized spacial score (nSPS) is 12.0. The van der Waals surface area contributed by atoms with Crippen molar-refractivity contribution in [2.45, 2.75) is 32.2 Å². The number of amides is 1. The van der Waals surface area contributed by atoms with Crippen LogP contribution in [0.3, 0.4) is 0 Å². The zero-order valence-electron chi connectivity index (χ0n) is 11.4. The lowest BCUT2D eigenvalue weighted by atomic mass is 10.1. The van der Waals surface area contributed by atoms with Gasteiger partial charge in [0.15, 0.2) is 11.6 Å². The first-order valence-electron chi connectivity index (χ1n) is 6.41. The van der Waals surface area contributed by atoms with E-state index >= 15 is 0 Å². The molecule has 0 aliphatic heterocycles. The molecule has 3 N–H and O–H groups in total. The van der Waals surface area contributed by atoms with Crippen LogP contribution in [-0.2, 0) is 11.2 Å². The Labute approximate surface area is 113 Å². The molecule has 106 valence electrons. The highest BCUT2D eigenvalue weighted by molar-refractivity contribution is 5.75. The number of halogens is 1. The van der Waals surface area contributed by atoms with Gasteiger partial charge in [-0.15, -0.1) is 0 Å². The summed E-state index contributed by atoms with van der Waals surface area (Å²) in [4.78, 5) is 11.0. The van der Waals surface area contributed by atoms with E-state index < -0.39 is 5.82 Å².